The maximum atomic E-state index is 13.6. The van der Waals surface area contributed by atoms with Crippen LogP contribution < -0.4 is 4.74 Å². The van der Waals surface area contributed by atoms with Gasteiger partial charge in [-0.05, 0) is 77.9 Å². The molecule has 1 aliphatic rings. The molecule has 1 amide bonds. The summed E-state index contributed by atoms with van der Waals surface area (Å²) in [6, 6.07) is 33.3. The Kier molecular flexibility index (Phi) is 7.47. The van der Waals surface area contributed by atoms with Crippen LogP contribution in [0.25, 0.3) is 6.08 Å². The predicted octanol–water partition coefficient (Wildman–Crippen LogP) is 7.77. The van der Waals surface area contributed by atoms with Crippen LogP contribution in [-0.2, 0) is 11.4 Å². The zero-order valence-electron chi connectivity index (χ0n) is 20.3. The average molecular weight is 509 g/mol. The highest BCUT2D eigenvalue weighted by Crippen LogP contribution is 2.39. The van der Waals surface area contributed by atoms with E-state index >= 15 is 0 Å². The molecule has 0 spiro atoms. The third-order valence-corrected chi connectivity index (χ3v) is 6.94. The van der Waals surface area contributed by atoms with E-state index in [1.165, 1.54) is 23.9 Å². The topological polar surface area (TPSA) is 41.9 Å². The molecule has 0 N–H and O–H groups in total. The van der Waals surface area contributed by atoms with Crippen LogP contribution in [0, 0.1) is 5.82 Å². The quantitative estimate of drug-likeness (QED) is 0.240. The van der Waals surface area contributed by atoms with Crippen molar-refractivity contribution in [2.75, 3.05) is 0 Å². The summed E-state index contributed by atoms with van der Waals surface area (Å²) in [4.78, 5) is 20.7. The van der Waals surface area contributed by atoms with Gasteiger partial charge in [0.15, 0.2) is 5.17 Å². The number of rotatable bonds is 7. The molecule has 1 atom stereocenters. The summed E-state index contributed by atoms with van der Waals surface area (Å²) in [5.74, 6) is 0.303. The number of para-hydroxylation sites is 1. The lowest BCUT2D eigenvalue weighted by Crippen LogP contribution is -2.32. The third-order valence-electron chi connectivity index (χ3n) is 5.96. The van der Waals surface area contributed by atoms with Gasteiger partial charge in [0.05, 0.1) is 16.6 Å². The first-order valence-electron chi connectivity index (χ1n) is 12.0. The summed E-state index contributed by atoms with van der Waals surface area (Å²) >= 11 is 1.37. The molecule has 1 fully saturated rings. The van der Waals surface area contributed by atoms with Gasteiger partial charge < -0.3 is 4.74 Å². The van der Waals surface area contributed by atoms with Crippen molar-refractivity contribution in [3.8, 4) is 5.75 Å². The lowest BCUT2D eigenvalue weighted by atomic mass is 10.1. The van der Waals surface area contributed by atoms with Gasteiger partial charge in [0.25, 0.3) is 5.91 Å². The summed E-state index contributed by atoms with van der Waals surface area (Å²) in [6.07, 6.45) is 1.88. The fraction of sp³-hybridized carbons (Fsp3) is 0.0968. The number of benzene rings is 4. The monoisotopic (exact) mass is 508 g/mol. The van der Waals surface area contributed by atoms with Gasteiger partial charge in [0, 0.05) is 0 Å². The normalized spacial score (nSPS) is 16.4. The molecule has 0 bridgehead atoms. The van der Waals surface area contributed by atoms with Crippen LogP contribution in [0.15, 0.2) is 119 Å². The zero-order chi connectivity index (χ0) is 25.6. The number of hydrogen-bond donors (Lipinski definition) is 0. The van der Waals surface area contributed by atoms with Gasteiger partial charge in [0.2, 0.25) is 0 Å². The van der Waals surface area contributed by atoms with E-state index in [2.05, 4.69) is 0 Å². The molecule has 0 unspecified atom stereocenters. The van der Waals surface area contributed by atoms with Crippen LogP contribution in [0.2, 0.25) is 0 Å². The fourth-order valence-electron chi connectivity index (χ4n) is 4.00. The van der Waals surface area contributed by atoms with Crippen molar-refractivity contribution < 1.29 is 13.9 Å². The van der Waals surface area contributed by atoms with Crippen molar-refractivity contribution >= 4 is 34.6 Å². The minimum atomic E-state index is -0.285. The molecule has 4 aromatic rings. The molecule has 0 radical (unpaired) electrons. The summed E-state index contributed by atoms with van der Waals surface area (Å²) in [7, 11) is 0. The highest BCUT2D eigenvalue weighted by molar-refractivity contribution is 8.18. The largest absolute Gasteiger partial charge is 0.489 e. The second kappa shape index (κ2) is 11.3. The molecule has 0 aromatic heterocycles. The lowest BCUT2D eigenvalue weighted by Gasteiger charge is -2.24. The van der Waals surface area contributed by atoms with Gasteiger partial charge in [-0.1, -0.05) is 72.8 Å². The number of halogens is 1. The Bertz CT molecular complexity index is 1440. The Morgan fingerprint density at radius 3 is 2.32 bits per heavy atom. The number of hydrogen-bond acceptors (Lipinski definition) is 4. The first kappa shape index (κ1) is 24.5. The van der Waals surface area contributed by atoms with Crippen molar-refractivity contribution in [2.45, 2.75) is 19.6 Å². The van der Waals surface area contributed by atoms with E-state index in [1.54, 1.807) is 11.0 Å². The van der Waals surface area contributed by atoms with Gasteiger partial charge in [-0.3, -0.25) is 9.69 Å². The average Bonchev–Trinajstić information content (AvgIpc) is 3.23. The maximum absolute atomic E-state index is 13.6. The Hall–Kier alpha value is -4.16. The van der Waals surface area contributed by atoms with E-state index in [-0.39, 0.29) is 24.4 Å². The Balaban J connectivity index is 1.37. The van der Waals surface area contributed by atoms with Crippen LogP contribution >= 0.6 is 11.8 Å². The molecule has 4 aromatic carbocycles. The Labute approximate surface area is 220 Å². The third kappa shape index (κ3) is 5.98. The molecule has 1 aliphatic heterocycles. The van der Waals surface area contributed by atoms with Gasteiger partial charge in [-0.15, -0.1) is 0 Å². The standard InChI is InChI=1S/C31H25FN2O2S/c1-22(25-10-4-2-5-11-25)34-30(35)29(37-31(34)33-27-13-6-3-7-14-27)20-23-15-17-28(18-16-23)36-21-24-9-8-12-26(32)19-24/h2-20,22H,21H2,1H3/b29-20+,33-31?/t22-/m1/s1. The number of amidine groups is 1. The molecule has 0 aliphatic carbocycles. The highest BCUT2D eigenvalue weighted by atomic mass is 32.2. The molecule has 37 heavy (non-hydrogen) atoms. The number of amides is 1. The second-order valence-corrected chi connectivity index (χ2v) is 9.60. The van der Waals surface area contributed by atoms with Crippen molar-refractivity contribution in [1.29, 1.82) is 0 Å². The molecule has 0 saturated carbocycles. The smallest absolute Gasteiger partial charge is 0.267 e. The zero-order valence-corrected chi connectivity index (χ0v) is 21.1. The molecule has 184 valence electrons. The molecule has 1 saturated heterocycles. The number of ether oxygens (including phenoxy) is 1. The van der Waals surface area contributed by atoms with Crippen LogP contribution in [-0.4, -0.2) is 16.0 Å². The van der Waals surface area contributed by atoms with Crippen LogP contribution in [0.1, 0.15) is 29.7 Å². The van der Waals surface area contributed by atoms with Crippen molar-refractivity contribution in [3.05, 3.63) is 137 Å². The van der Waals surface area contributed by atoms with E-state index in [4.69, 9.17) is 9.73 Å². The number of carbonyl (C=O) groups excluding carboxylic acids is 1. The van der Waals surface area contributed by atoms with Gasteiger partial charge in [0.1, 0.15) is 18.2 Å². The minimum Gasteiger partial charge on any atom is -0.489 e. The fourth-order valence-corrected chi connectivity index (χ4v) is 5.07. The number of nitrogens with zero attached hydrogens (tertiary/aromatic N) is 2. The summed E-state index contributed by atoms with van der Waals surface area (Å²) in [5, 5.41) is 0.647. The number of carbonyl (C=O) groups is 1. The van der Waals surface area contributed by atoms with E-state index < -0.39 is 0 Å². The first-order chi connectivity index (χ1) is 18.1. The van der Waals surface area contributed by atoms with Crippen molar-refractivity contribution in [3.63, 3.8) is 0 Å². The molecular formula is C31H25FN2O2S. The summed E-state index contributed by atoms with van der Waals surface area (Å²) < 4.78 is 19.2. The first-order valence-corrected chi connectivity index (χ1v) is 12.8. The van der Waals surface area contributed by atoms with Gasteiger partial charge in [-0.25, -0.2) is 9.38 Å². The maximum Gasteiger partial charge on any atom is 0.267 e. The van der Waals surface area contributed by atoms with Crippen molar-refractivity contribution in [1.82, 2.24) is 4.90 Å². The van der Waals surface area contributed by atoms with Gasteiger partial charge >= 0.3 is 0 Å². The molecule has 5 rings (SSSR count). The number of thioether (sulfide) groups is 1. The Morgan fingerprint density at radius 2 is 1.62 bits per heavy atom. The van der Waals surface area contributed by atoms with E-state index in [1.807, 2.05) is 104 Å². The summed E-state index contributed by atoms with van der Waals surface area (Å²) in [6.45, 7) is 2.29. The molecule has 4 nitrogen and oxygen atoms in total. The Morgan fingerprint density at radius 1 is 0.919 bits per heavy atom. The second-order valence-electron chi connectivity index (χ2n) is 8.59. The van der Waals surface area contributed by atoms with Crippen LogP contribution in [0.3, 0.4) is 0 Å². The van der Waals surface area contributed by atoms with Gasteiger partial charge in [-0.2, -0.15) is 0 Å². The van der Waals surface area contributed by atoms with E-state index in [9.17, 15) is 9.18 Å². The predicted molar refractivity (Wildman–Crippen MR) is 148 cm³/mol. The minimum absolute atomic E-state index is 0.0811. The van der Waals surface area contributed by atoms with Crippen LogP contribution in [0.4, 0.5) is 10.1 Å². The lowest BCUT2D eigenvalue weighted by molar-refractivity contribution is -0.123. The van der Waals surface area contributed by atoms with Crippen LogP contribution in [0.5, 0.6) is 5.75 Å². The van der Waals surface area contributed by atoms with Crippen molar-refractivity contribution in [2.24, 2.45) is 4.99 Å². The van der Waals surface area contributed by atoms with E-state index in [0.717, 1.165) is 22.4 Å². The van der Waals surface area contributed by atoms with E-state index in [0.29, 0.717) is 15.8 Å². The number of aliphatic imine (C=N–C) groups is 1. The summed E-state index contributed by atoms with van der Waals surface area (Å²) in [5.41, 5.74) is 3.47. The highest BCUT2D eigenvalue weighted by Gasteiger charge is 2.37. The molecular weight excluding hydrogens is 483 g/mol. The SMILES string of the molecule is C[C@H](c1ccccc1)N1C(=O)/C(=C\c2ccc(OCc3cccc(F)c3)cc2)SC1=Nc1ccccc1. The molecule has 6 heteroatoms. The molecule has 1 heterocycles.